The van der Waals surface area contributed by atoms with Crippen molar-refractivity contribution in [1.29, 1.82) is 0 Å². The zero-order valence-corrected chi connectivity index (χ0v) is 25.9. The maximum absolute atomic E-state index is 14.0. The molecule has 0 spiro atoms. The van der Waals surface area contributed by atoms with Gasteiger partial charge in [0.25, 0.3) is 10.0 Å². The van der Waals surface area contributed by atoms with Crippen molar-refractivity contribution < 1.29 is 22.7 Å². The van der Waals surface area contributed by atoms with Gasteiger partial charge in [0.15, 0.2) is 0 Å². The topological polar surface area (TPSA) is 96.0 Å². The summed E-state index contributed by atoms with van der Waals surface area (Å²) in [7, 11) is -2.79. The summed E-state index contributed by atoms with van der Waals surface area (Å²) in [5, 5.41) is 3.51. The number of aryl methyl sites for hydroxylation is 1. The Morgan fingerprint density at radius 3 is 2.32 bits per heavy atom. The van der Waals surface area contributed by atoms with Crippen LogP contribution in [0.4, 0.5) is 5.69 Å². The lowest BCUT2D eigenvalue weighted by Crippen LogP contribution is -2.51. The zero-order chi connectivity index (χ0) is 30.2. The molecule has 0 aliphatic carbocycles. The number of para-hydroxylation sites is 2. The van der Waals surface area contributed by atoms with E-state index in [0.717, 1.165) is 22.7 Å². The largest absolute Gasteiger partial charge is 0.495 e. The number of nitrogens with zero attached hydrogens (tertiary/aromatic N) is 2. The number of amides is 2. The third kappa shape index (κ3) is 8.15. The van der Waals surface area contributed by atoms with Gasteiger partial charge in [0, 0.05) is 13.1 Å². The second-order valence-electron chi connectivity index (χ2n) is 9.59. The Bertz CT molecular complexity index is 1470. The molecule has 1 N–H and O–H groups in total. The Labute approximate surface area is 252 Å². The fraction of sp³-hybridized carbons (Fsp3) is 0.333. The van der Waals surface area contributed by atoms with E-state index in [1.54, 1.807) is 61.5 Å². The number of hydrogen-bond acceptors (Lipinski definition) is 5. The van der Waals surface area contributed by atoms with E-state index < -0.39 is 28.5 Å². The number of sulfonamides is 1. The van der Waals surface area contributed by atoms with Crippen LogP contribution in [-0.4, -0.2) is 51.4 Å². The standard InChI is InChI=1S/C30H35Cl2N3O5S/c1-5-6-17-33-30(37)22(3)34(19-23-13-16-25(31)26(32)18-23)29(36)20-35(27-9-7-8-10-28(27)40-4)41(38,39)24-14-11-21(2)12-15-24/h7-16,18,22H,5-6,17,19-20H2,1-4H3,(H,33,37). The molecule has 0 aromatic heterocycles. The van der Waals surface area contributed by atoms with Crippen LogP contribution in [0.2, 0.25) is 10.0 Å². The zero-order valence-electron chi connectivity index (χ0n) is 23.6. The van der Waals surface area contributed by atoms with E-state index in [0.29, 0.717) is 22.2 Å². The number of carbonyl (C=O) groups excluding carboxylic acids is 2. The monoisotopic (exact) mass is 619 g/mol. The van der Waals surface area contributed by atoms with E-state index >= 15 is 0 Å². The molecule has 0 bridgehead atoms. The number of methoxy groups -OCH3 is 1. The average Bonchev–Trinajstić information content (AvgIpc) is 2.96. The third-order valence-electron chi connectivity index (χ3n) is 6.58. The first-order valence-electron chi connectivity index (χ1n) is 13.2. The predicted octanol–water partition coefficient (Wildman–Crippen LogP) is 5.84. The van der Waals surface area contributed by atoms with Gasteiger partial charge in [0.1, 0.15) is 18.3 Å². The van der Waals surface area contributed by atoms with Gasteiger partial charge in [-0.15, -0.1) is 0 Å². The number of ether oxygens (including phenoxy) is 1. The quantitative estimate of drug-likeness (QED) is 0.243. The number of nitrogens with one attached hydrogen (secondary N) is 1. The molecule has 41 heavy (non-hydrogen) atoms. The molecule has 2 amide bonds. The van der Waals surface area contributed by atoms with Crippen molar-refractivity contribution in [2.24, 2.45) is 0 Å². The van der Waals surface area contributed by atoms with Crippen LogP contribution in [0.25, 0.3) is 0 Å². The van der Waals surface area contributed by atoms with Crippen molar-refractivity contribution >= 4 is 50.7 Å². The summed E-state index contributed by atoms with van der Waals surface area (Å²) in [5.41, 5.74) is 1.71. The molecule has 1 atom stereocenters. The first-order chi connectivity index (χ1) is 19.5. The average molecular weight is 621 g/mol. The Morgan fingerprint density at radius 2 is 1.68 bits per heavy atom. The lowest BCUT2D eigenvalue weighted by atomic mass is 10.1. The minimum Gasteiger partial charge on any atom is -0.495 e. The smallest absolute Gasteiger partial charge is 0.264 e. The Kier molecular flexibility index (Phi) is 11.5. The molecular formula is C30H35Cl2N3O5S. The highest BCUT2D eigenvalue weighted by Gasteiger charge is 2.33. The number of unbranched alkanes of at least 4 members (excludes halogenated alkanes) is 1. The molecular weight excluding hydrogens is 585 g/mol. The van der Waals surface area contributed by atoms with Gasteiger partial charge in [-0.25, -0.2) is 8.42 Å². The lowest BCUT2D eigenvalue weighted by molar-refractivity contribution is -0.139. The number of anilines is 1. The molecule has 0 saturated heterocycles. The second kappa shape index (κ2) is 14.6. The van der Waals surface area contributed by atoms with Gasteiger partial charge in [-0.05, 0) is 62.2 Å². The van der Waals surface area contributed by atoms with Crippen molar-refractivity contribution in [3.05, 3.63) is 87.9 Å². The predicted molar refractivity (Wildman–Crippen MR) is 163 cm³/mol. The maximum Gasteiger partial charge on any atom is 0.264 e. The summed E-state index contributed by atoms with van der Waals surface area (Å²) in [6, 6.07) is 17.0. The van der Waals surface area contributed by atoms with Crippen LogP contribution in [0, 0.1) is 6.92 Å². The van der Waals surface area contributed by atoms with Gasteiger partial charge < -0.3 is 15.0 Å². The van der Waals surface area contributed by atoms with Crippen LogP contribution >= 0.6 is 23.2 Å². The molecule has 3 rings (SSSR count). The molecule has 8 nitrogen and oxygen atoms in total. The van der Waals surface area contributed by atoms with E-state index in [1.165, 1.54) is 24.1 Å². The number of halogens is 2. The molecule has 0 saturated carbocycles. The summed E-state index contributed by atoms with van der Waals surface area (Å²) < 4.78 is 34.4. The number of benzene rings is 3. The SMILES string of the molecule is CCCCNC(=O)C(C)N(Cc1ccc(Cl)c(Cl)c1)C(=O)CN(c1ccccc1OC)S(=O)(=O)c1ccc(C)cc1. The lowest BCUT2D eigenvalue weighted by Gasteiger charge is -2.32. The molecule has 0 heterocycles. The van der Waals surface area contributed by atoms with Crippen molar-refractivity contribution in [2.45, 2.75) is 51.1 Å². The van der Waals surface area contributed by atoms with Gasteiger partial charge in [0.05, 0.1) is 27.7 Å². The first-order valence-corrected chi connectivity index (χ1v) is 15.4. The van der Waals surface area contributed by atoms with E-state index in [4.69, 9.17) is 27.9 Å². The van der Waals surface area contributed by atoms with Gasteiger partial charge in [-0.2, -0.15) is 0 Å². The van der Waals surface area contributed by atoms with E-state index in [-0.39, 0.29) is 28.8 Å². The molecule has 3 aromatic rings. The molecule has 1 unspecified atom stereocenters. The van der Waals surface area contributed by atoms with Crippen LogP contribution in [0.5, 0.6) is 5.75 Å². The second-order valence-corrected chi connectivity index (χ2v) is 12.3. The van der Waals surface area contributed by atoms with Gasteiger partial charge in [0.2, 0.25) is 11.8 Å². The molecule has 3 aromatic carbocycles. The molecule has 0 aliphatic heterocycles. The summed E-state index contributed by atoms with van der Waals surface area (Å²) >= 11 is 12.3. The summed E-state index contributed by atoms with van der Waals surface area (Å²) in [6.07, 6.45) is 1.68. The van der Waals surface area contributed by atoms with Crippen LogP contribution in [0.3, 0.4) is 0 Å². The molecule has 0 fully saturated rings. The minimum absolute atomic E-state index is 0.00241. The highest BCUT2D eigenvalue weighted by atomic mass is 35.5. The van der Waals surface area contributed by atoms with Crippen molar-refractivity contribution in [3.63, 3.8) is 0 Å². The van der Waals surface area contributed by atoms with Crippen molar-refractivity contribution in [3.8, 4) is 5.75 Å². The summed E-state index contributed by atoms with van der Waals surface area (Å²) in [4.78, 5) is 28.5. The molecule has 220 valence electrons. The maximum atomic E-state index is 14.0. The first kappa shape index (κ1) is 32.2. The minimum atomic E-state index is -4.21. The molecule has 11 heteroatoms. The van der Waals surface area contributed by atoms with Gasteiger partial charge in [-0.3, -0.25) is 13.9 Å². The normalized spacial score (nSPS) is 12.0. The van der Waals surface area contributed by atoms with Crippen LogP contribution in [0.15, 0.2) is 71.6 Å². The van der Waals surface area contributed by atoms with E-state index in [9.17, 15) is 18.0 Å². The molecule has 0 aliphatic rings. The number of carbonyl (C=O) groups is 2. The summed E-state index contributed by atoms with van der Waals surface area (Å²) in [5.74, 6) is -0.662. The highest BCUT2D eigenvalue weighted by molar-refractivity contribution is 7.92. The highest BCUT2D eigenvalue weighted by Crippen LogP contribution is 2.33. The van der Waals surface area contributed by atoms with Crippen molar-refractivity contribution in [2.75, 3.05) is 24.5 Å². The van der Waals surface area contributed by atoms with Crippen LogP contribution in [0.1, 0.15) is 37.8 Å². The number of rotatable bonds is 13. The van der Waals surface area contributed by atoms with Crippen LogP contribution < -0.4 is 14.4 Å². The molecule has 0 radical (unpaired) electrons. The van der Waals surface area contributed by atoms with Gasteiger partial charge >= 0.3 is 0 Å². The summed E-state index contributed by atoms with van der Waals surface area (Å²) in [6.45, 7) is 5.36. The van der Waals surface area contributed by atoms with E-state index in [2.05, 4.69) is 5.32 Å². The van der Waals surface area contributed by atoms with E-state index in [1.807, 2.05) is 13.8 Å². The Hall–Kier alpha value is -3.27. The fourth-order valence-corrected chi connectivity index (χ4v) is 5.89. The number of hydrogen-bond donors (Lipinski definition) is 1. The fourth-order valence-electron chi connectivity index (χ4n) is 4.14. The van der Waals surface area contributed by atoms with Gasteiger partial charge in [-0.1, -0.05) is 72.4 Å². The Morgan fingerprint density at radius 1 is 1.00 bits per heavy atom. The Balaban J connectivity index is 2.05. The van der Waals surface area contributed by atoms with Crippen LogP contribution in [-0.2, 0) is 26.2 Å². The third-order valence-corrected chi connectivity index (χ3v) is 9.09. The van der Waals surface area contributed by atoms with Crippen molar-refractivity contribution in [1.82, 2.24) is 10.2 Å².